The zero-order valence-corrected chi connectivity index (χ0v) is 20.0. The van der Waals surface area contributed by atoms with E-state index in [1.54, 1.807) is 7.05 Å². The van der Waals surface area contributed by atoms with E-state index in [4.69, 9.17) is 0 Å². The van der Waals surface area contributed by atoms with E-state index in [-0.39, 0.29) is 5.91 Å². The molecule has 4 rings (SSSR count). The van der Waals surface area contributed by atoms with Gasteiger partial charge in [-0.15, -0.1) is 0 Å². The summed E-state index contributed by atoms with van der Waals surface area (Å²) in [5.41, 5.74) is 3.42. The molecule has 2 aliphatic rings. The number of nitrogens with zero attached hydrogens (tertiary/aromatic N) is 5. The molecule has 0 radical (unpaired) electrons. The maximum absolute atomic E-state index is 13.1. The molecule has 32 heavy (non-hydrogen) atoms. The van der Waals surface area contributed by atoms with Crippen LogP contribution in [0, 0.1) is 5.92 Å². The van der Waals surface area contributed by atoms with Crippen LogP contribution in [0.5, 0.6) is 0 Å². The summed E-state index contributed by atoms with van der Waals surface area (Å²) in [6.07, 6.45) is 7.03. The van der Waals surface area contributed by atoms with E-state index >= 15 is 0 Å². The normalized spacial score (nSPS) is 23.5. The van der Waals surface area contributed by atoms with Crippen molar-refractivity contribution >= 4 is 23.0 Å². The predicted octanol–water partition coefficient (Wildman–Crippen LogP) is 3.26. The van der Waals surface area contributed by atoms with E-state index in [1.807, 2.05) is 18.5 Å². The second kappa shape index (κ2) is 10.1. The number of benzene rings is 1. The number of pyridine rings is 1. The van der Waals surface area contributed by atoms with Crippen molar-refractivity contribution in [1.29, 1.82) is 0 Å². The molecular weight excluding hydrogens is 398 g/mol. The molecule has 1 aromatic heterocycles. The first kappa shape index (κ1) is 22.9. The van der Waals surface area contributed by atoms with Gasteiger partial charge in [0.25, 0.3) is 0 Å². The Bertz CT molecular complexity index is 964. The number of carbonyl (C=O) groups is 1. The van der Waals surface area contributed by atoms with Gasteiger partial charge in [-0.3, -0.25) is 19.7 Å². The number of rotatable bonds is 5. The minimum Gasteiger partial charge on any atom is -0.341 e. The average molecular weight is 436 g/mol. The number of aromatic nitrogens is 1. The molecule has 6 heteroatoms. The summed E-state index contributed by atoms with van der Waals surface area (Å²) in [4.78, 5) is 28.7. The third-order valence-corrected chi connectivity index (χ3v) is 7.18. The van der Waals surface area contributed by atoms with Crippen LogP contribution >= 0.6 is 0 Å². The first-order valence-corrected chi connectivity index (χ1v) is 11.9. The van der Waals surface area contributed by atoms with Gasteiger partial charge in [0.05, 0.1) is 12.1 Å². The Kier molecular flexibility index (Phi) is 7.21. The first-order valence-electron chi connectivity index (χ1n) is 11.9. The summed E-state index contributed by atoms with van der Waals surface area (Å²) < 4.78 is 0. The largest absolute Gasteiger partial charge is 0.341 e. The molecule has 2 atom stereocenters. The van der Waals surface area contributed by atoms with Crippen LogP contribution in [0.25, 0.3) is 10.9 Å². The standard InChI is InChI=1S/C26H37N5O/c1-19-14-21(23-8-7-20(15-27-2)26-24(23)6-5-11-28-26)17-30(16-19)18-25(32)31-12-9-22(10-13-31)29(3)4/h5-8,11,15,19,21-22H,9-10,12-14,16-18H2,1-4H3/b27-15-/t19-,21+/m1/s1. The van der Waals surface area contributed by atoms with Gasteiger partial charge in [0, 0.05) is 62.6 Å². The van der Waals surface area contributed by atoms with Gasteiger partial charge in [0.2, 0.25) is 5.91 Å². The summed E-state index contributed by atoms with van der Waals surface area (Å²) >= 11 is 0. The zero-order chi connectivity index (χ0) is 22.7. The number of amides is 1. The maximum atomic E-state index is 13.1. The highest BCUT2D eigenvalue weighted by molar-refractivity contribution is 5.99. The molecule has 2 aromatic rings. The van der Waals surface area contributed by atoms with Crippen molar-refractivity contribution in [3.63, 3.8) is 0 Å². The van der Waals surface area contributed by atoms with E-state index in [0.717, 1.165) is 56.5 Å². The minimum absolute atomic E-state index is 0.288. The number of likely N-dealkylation sites (tertiary alicyclic amines) is 2. The number of carbonyl (C=O) groups excluding carboxylic acids is 1. The van der Waals surface area contributed by atoms with E-state index in [2.05, 4.69) is 63.9 Å². The fraction of sp³-hybridized carbons (Fsp3) is 0.577. The lowest BCUT2D eigenvalue weighted by Crippen LogP contribution is -2.49. The van der Waals surface area contributed by atoms with Crippen molar-refractivity contribution in [3.05, 3.63) is 41.6 Å². The molecule has 1 amide bonds. The molecule has 2 aliphatic heterocycles. The van der Waals surface area contributed by atoms with Crippen LogP contribution in [-0.4, -0.2) is 91.7 Å². The predicted molar refractivity (Wildman–Crippen MR) is 132 cm³/mol. The Hall–Kier alpha value is -2.31. The average Bonchev–Trinajstić information content (AvgIpc) is 2.79. The number of aliphatic imine (C=N–C) groups is 1. The molecule has 6 nitrogen and oxygen atoms in total. The van der Waals surface area contributed by atoms with Gasteiger partial charge < -0.3 is 9.80 Å². The van der Waals surface area contributed by atoms with Gasteiger partial charge >= 0.3 is 0 Å². The molecule has 3 heterocycles. The zero-order valence-electron chi connectivity index (χ0n) is 20.0. The topological polar surface area (TPSA) is 52.0 Å². The fourth-order valence-corrected chi connectivity index (χ4v) is 5.55. The highest BCUT2D eigenvalue weighted by Gasteiger charge is 2.30. The van der Waals surface area contributed by atoms with Crippen LogP contribution in [0.1, 0.15) is 43.2 Å². The smallest absolute Gasteiger partial charge is 0.236 e. The lowest BCUT2D eigenvalue weighted by molar-refractivity contribution is -0.134. The summed E-state index contributed by atoms with van der Waals surface area (Å²) in [6.45, 7) is 6.52. The molecule has 0 bridgehead atoms. The summed E-state index contributed by atoms with van der Waals surface area (Å²) in [7, 11) is 6.07. The second-order valence-electron chi connectivity index (χ2n) is 9.84. The molecule has 0 N–H and O–H groups in total. The highest BCUT2D eigenvalue weighted by Crippen LogP contribution is 2.34. The Labute approximate surface area is 192 Å². The molecule has 0 saturated carbocycles. The third kappa shape index (κ3) is 5.02. The SMILES string of the molecule is C/N=C\c1ccc([C@H]2C[C@@H](C)CN(CC(=O)N3CCC(N(C)C)CC3)C2)c2cccnc12. The fourth-order valence-electron chi connectivity index (χ4n) is 5.55. The molecule has 2 saturated heterocycles. The second-order valence-corrected chi connectivity index (χ2v) is 9.84. The Balaban J connectivity index is 1.47. The van der Waals surface area contributed by atoms with Gasteiger partial charge in [-0.2, -0.15) is 0 Å². The van der Waals surface area contributed by atoms with E-state index in [0.29, 0.717) is 24.4 Å². The van der Waals surface area contributed by atoms with Crippen molar-refractivity contribution in [2.45, 2.75) is 38.1 Å². The minimum atomic E-state index is 0.288. The summed E-state index contributed by atoms with van der Waals surface area (Å²) in [6, 6.07) is 9.18. The molecule has 0 aliphatic carbocycles. The third-order valence-electron chi connectivity index (χ3n) is 7.18. The van der Waals surface area contributed by atoms with Gasteiger partial charge in [0.1, 0.15) is 0 Å². The van der Waals surface area contributed by atoms with Crippen molar-refractivity contribution in [3.8, 4) is 0 Å². The van der Waals surface area contributed by atoms with Crippen molar-refractivity contribution in [2.75, 3.05) is 53.9 Å². The maximum Gasteiger partial charge on any atom is 0.236 e. The lowest BCUT2D eigenvalue weighted by Gasteiger charge is -2.39. The van der Waals surface area contributed by atoms with Gasteiger partial charge in [-0.25, -0.2) is 0 Å². The van der Waals surface area contributed by atoms with Crippen LogP contribution in [0.3, 0.4) is 0 Å². The Morgan fingerprint density at radius 2 is 2.00 bits per heavy atom. The quantitative estimate of drug-likeness (QED) is 0.677. The van der Waals surface area contributed by atoms with Gasteiger partial charge in [-0.1, -0.05) is 25.1 Å². The first-order chi connectivity index (χ1) is 15.5. The van der Waals surface area contributed by atoms with Crippen LogP contribution in [0.4, 0.5) is 0 Å². The molecule has 172 valence electrons. The Morgan fingerprint density at radius 3 is 2.72 bits per heavy atom. The molecule has 1 aromatic carbocycles. The number of fused-ring (bicyclic) bond motifs is 1. The van der Waals surface area contributed by atoms with E-state index in [1.165, 1.54) is 10.9 Å². The summed E-state index contributed by atoms with van der Waals surface area (Å²) in [5.74, 6) is 1.26. The van der Waals surface area contributed by atoms with Crippen LogP contribution in [0.15, 0.2) is 35.5 Å². The number of hydrogen-bond donors (Lipinski definition) is 0. The van der Waals surface area contributed by atoms with Crippen molar-refractivity contribution in [1.82, 2.24) is 19.7 Å². The summed E-state index contributed by atoms with van der Waals surface area (Å²) in [5, 5.41) is 1.21. The van der Waals surface area contributed by atoms with E-state index < -0.39 is 0 Å². The van der Waals surface area contributed by atoms with Crippen LogP contribution < -0.4 is 0 Å². The van der Waals surface area contributed by atoms with Gasteiger partial charge in [-0.05, 0) is 56.8 Å². The molecule has 0 spiro atoms. The van der Waals surface area contributed by atoms with Crippen LogP contribution in [0.2, 0.25) is 0 Å². The van der Waals surface area contributed by atoms with Crippen molar-refractivity contribution < 1.29 is 4.79 Å². The van der Waals surface area contributed by atoms with Crippen LogP contribution in [-0.2, 0) is 4.79 Å². The monoisotopic (exact) mass is 435 g/mol. The van der Waals surface area contributed by atoms with E-state index in [9.17, 15) is 4.79 Å². The highest BCUT2D eigenvalue weighted by atomic mass is 16.2. The van der Waals surface area contributed by atoms with Crippen molar-refractivity contribution in [2.24, 2.45) is 10.9 Å². The molecule has 2 fully saturated rings. The number of piperidine rings is 2. The lowest BCUT2D eigenvalue weighted by atomic mass is 9.83. The Morgan fingerprint density at radius 1 is 1.22 bits per heavy atom. The molecular formula is C26H37N5O. The van der Waals surface area contributed by atoms with Gasteiger partial charge in [0.15, 0.2) is 0 Å². The molecule has 0 unspecified atom stereocenters. The number of hydrogen-bond acceptors (Lipinski definition) is 5.